The Morgan fingerprint density at radius 1 is 1.43 bits per heavy atom. The molecule has 0 unspecified atom stereocenters. The van der Waals surface area contributed by atoms with Gasteiger partial charge in [0.1, 0.15) is 0 Å². The van der Waals surface area contributed by atoms with Crippen molar-refractivity contribution in [3.8, 4) is 0 Å². The van der Waals surface area contributed by atoms with Crippen LogP contribution in [0.25, 0.3) is 0 Å². The van der Waals surface area contributed by atoms with Crippen LogP contribution in [0, 0.1) is 5.92 Å². The standard InChI is InChI=1S/C14H17F3N2O2/c15-14(16,17)12-10(6-3-7-18-12)13(21)19-8-11(20)9-4-1-2-5-9/h3,6-7,9,11,20H,1-2,4-5,8H2,(H,19,21)/t11-/m1/s1. The van der Waals surface area contributed by atoms with Gasteiger partial charge >= 0.3 is 6.18 Å². The average Bonchev–Trinajstić information content (AvgIpc) is 2.97. The van der Waals surface area contributed by atoms with Gasteiger partial charge < -0.3 is 10.4 Å². The summed E-state index contributed by atoms with van der Waals surface area (Å²) < 4.78 is 38.3. The highest BCUT2D eigenvalue weighted by molar-refractivity contribution is 5.95. The van der Waals surface area contributed by atoms with Crippen molar-refractivity contribution in [3.63, 3.8) is 0 Å². The Labute approximate surface area is 120 Å². The van der Waals surface area contributed by atoms with Crippen LogP contribution in [0.3, 0.4) is 0 Å². The van der Waals surface area contributed by atoms with Crippen molar-refractivity contribution in [2.24, 2.45) is 5.92 Å². The van der Waals surface area contributed by atoms with Crippen molar-refractivity contribution in [2.45, 2.75) is 38.0 Å². The molecular formula is C14H17F3N2O2. The molecule has 2 N–H and O–H groups in total. The molecule has 0 saturated heterocycles. The van der Waals surface area contributed by atoms with Crippen molar-refractivity contribution < 1.29 is 23.1 Å². The summed E-state index contributed by atoms with van der Waals surface area (Å²) in [5, 5.41) is 12.3. The fourth-order valence-electron chi connectivity index (χ4n) is 2.62. The van der Waals surface area contributed by atoms with E-state index in [1.54, 1.807) is 0 Å². The molecule has 1 aliphatic carbocycles. The molecule has 1 fully saturated rings. The summed E-state index contributed by atoms with van der Waals surface area (Å²) in [7, 11) is 0. The summed E-state index contributed by atoms with van der Waals surface area (Å²) >= 11 is 0. The third kappa shape index (κ3) is 3.93. The van der Waals surface area contributed by atoms with E-state index in [1.165, 1.54) is 6.07 Å². The van der Waals surface area contributed by atoms with Crippen LogP contribution in [0.4, 0.5) is 13.2 Å². The minimum absolute atomic E-state index is 0.0459. The number of nitrogens with one attached hydrogen (secondary N) is 1. The molecule has 1 amide bonds. The first-order chi connectivity index (χ1) is 9.89. The zero-order chi connectivity index (χ0) is 15.5. The van der Waals surface area contributed by atoms with Gasteiger partial charge in [-0.1, -0.05) is 12.8 Å². The van der Waals surface area contributed by atoms with Gasteiger partial charge in [0.05, 0.1) is 11.7 Å². The number of carbonyl (C=O) groups is 1. The van der Waals surface area contributed by atoms with Crippen molar-refractivity contribution in [3.05, 3.63) is 29.6 Å². The minimum atomic E-state index is -4.68. The maximum atomic E-state index is 12.8. The van der Waals surface area contributed by atoms with Crippen LogP contribution in [-0.4, -0.2) is 28.6 Å². The number of hydrogen-bond donors (Lipinski definition) is 2. The quantitative estimate of drug-likeness (QED) is 0.897. The summed E-state index contributed by atoms with van der Waals surface area (Å²) in [6, 6.07) is 2.35. The number of carbonyl (C=O) groups excluding carboxylic acids is 1. The maximum Gasteiger partial charge on any atom is 0.434 e. The second-order valence-electron chi connectivity index (χ2n) is 5.22. The first-order valence-corrected chi connectivity index (χ1v) is 6.88. The van der Waals surface area contributed by atoms with Crippen LogP contribution in [0.1, 0.15) is 41.7 Å². The molecule has 0 aromatic carbocycles. The first-order valence-electron chi connectivity index (χ1n) is 6.88. The van der Waals surface area contributed by atoms with Crippen molar-refractivity contribution in [1.82, 2.24) is 10.3 Å². The molecule has 0 spiro atoms. The molecule has 0 bridgehead atoms. The molecule has 4 nitrogen and oxygen atoms in total. The highest BCUT2D eigenvalue weighted by atomic mass is 19.4. The summed E-state index contributed by atoms with van der Waals surface area (Å²) in [5.41, 5.74) is -1.73. The number of hydrogen-bond acceptors (Lipinski definition) is 3. The van der Waals surface area contributed by atoms with Crippen LogP contribution < -0.4 is 5.32 Å². The van der Waals surface area contributed by atoms with Crippen molar-refractivity contribution >= 4 is 5.91 Å². The second kappa shape index (κ2) is 6.43. The van der Waals surface area contributed by atoms with Gasteiger partial charge in [-0.05, 0) is 30.9 Å². The molecule has 7 heteroatoms. The lowest BCUT2D eigenvalue weighted by atomic mass is 10.0. The molecule has 2 rings (SSSR count). The third-order valence-electron chi connectivity index (χ3n) is 3.74. The number of aromatic nitrogens is 1. The molecule has 0 radical (unpaired) electrons. The van der Waals surface area contributed by atoms with E-state index >= 15 is 0 Å². The van der Waals surface area contributed by atoms with E-state index < -0.39 is 29.4 Å². The summed E-state index contributed by atoms with van der Waals surface area (Å²) in [4.78, 5) is 15.1. The van der Waals surface area contributed by atoms with Gasteiger partial charge in [-0.3, -0.25) is 9.78 Å². The highest BCUT2D eigenvalue weighted by Crippen LogP contribution is 2.30. The topological polar surface area (TPSA) is 62.2 Å². The van der Waals surface area contributed by atoms with E-state index in [0.717, 1.165) is 37.9 Å². The monoisotopic (exact) mass is 302 g/mol. The highest BCUT2D eigenvalue weighted by Gasteiger charge is 2.37. The largest absolute Gasteiger partial charge is 0.434 e. The predicted octanol–water partition coefficient (Wildman–Crippen LogP) is 2.38. The number of aliphatic hydroxyl groups excluding tert-OH is 1. The Hall–Kier alpha value is -1.63. The van der Waals surface area contributed by atoms with Gasteiger partial charge in [0, 0.05) is 12.7 Å². The Kier molecular flexibility index (Phi) is 4.82. The molecule has 0 aliphatic heterocycles. The summed E-state index contributed by atoms with van der Waals surface area (Å²) in [6.07, 6.45) is -0.560. The molecule has 1 saturated carbocycles. The van der Waals surface area contributed by atoms with Crippen molar-refractivity contribution in [2.75, 3.05) is 6.54 Å². The number of nitrogens with zero attached hydrogens (tertiary/aromatic N) is 1. The van der Waals surface area contributed by atoms with E-state index in [4.69, 9.17) is 0 Å². The van der Waals surface area contributed by atoms with Crippen LogP contribution in [0.15, 0.2) is 18.3 Å². The molecule has 1 heterocycles. The molecular weight excluding hydrogens is 285 g/mol. The van der Waals surface area contributed by atoms with Gasteiger partial charge in [0.25, 0.3) is 5.91 Å². The number of amides is 1. The molecule has 1 aromatic rings. The maximum absolute atomic E-state index is 12.8. The fourth-order valence-corrected chi connectivity index (χ4v) is 2.62. The molecule has 1 aromatic heterocycles. The van der Waals surface area contributed by atoms with Gasteiger partial charge in [-0.2, -0.15) is 13.2 Å². The molecule has 21 heavy (non-hydrogen) atoms. The predicted molar refractivity (Wildman–Crippen MR) is 69.5 cm³/mol. The molecule has 1 atom stereocenters. The Bertz CT molecular complexity index is 499. The zero-order valence-corrected chi connectivity index (χ0v) is 11.4. The Balaban J connectivity index is 2.00. The lowest BCUT2D eigenvalue weighted by Gasteiger charge is -2.18. The summed E-state index contributed by atoms with van der Waals surface area (Å²) in [5.74, 6) is -0.756. The molecule has 1 aliphatic rings. The Morgan fingerprint density at radius 3 is 2.71 bits per heavy atom. The van der Waals surface area contributed by atoms with E-state index in [-0.39, 0.29) is 12.5 Å². The van der Waals surface area contributed by atoms with E-state index in [9.17, 15) is 23.1 Å². The lowest BCUT2D eigenvalue weighted by molar-refractivity contribution is -0.141. The SMILES string of the molecule is O=C(NC[C@@H](O)C1CCCC1)c1cccnc1C(F)(F)F. The number of rotatable bonds is 4. The van der Waals surface area contributed by atoms with Gasteiger partial charge in [0.2, 0.25) is 0 Å². The van der Waals surface area contributed by atoms with Crippen LogP contribution >= 0.6 is 0 Å². The van der Waals surface area contributed by atoms with E-state index in [2.05, 4.69) is 10.3 Å². The van der Waals surface area contributed by atoms with Crippen LogP contribution in [0.5, 0.6) is 0 Å². The fraction of sp³-hybridized carbons (Fsp3) is 0.571. The first kappa shape index (κ1) is 15.8. The minimum Gasteiger partial charge on any atom is -0.391 e. The average molecular weight is 302 g/mol. The van der Waals surface area contributed by atoms with Crippen LogP contribution in [-0.2, 0) is 6.18 Å². The number of pyridine rings is 1. The summed E-state index contributed by atoms with van der Waals surface area (Å²) in [6.45, 7) is -0.0459. The smallest absolute Gasteiger partial charge is 0.391 e. The van der Waals surface area contributed by atoms with Gasteiger partial charge in [-0.25, -0.2) is 0 Å². The second-order valence-corrected chi connectivity index (χ2v) is 5.22. The van der Waals surface area contributed by atoms with Crippen LogP contribution in [0.2, 0.25) is 0 Å². The van der Waals surface area contributed by atoms with Gasteiger partial charge in [0.15, 0.2) is 5.69 Å². The third-order valence-corrected chi connectivity index (χ3v) is 3.74. The normalized spacial score (nSPS) is 17.7. The zero-order valence-electron chi connectivity index (χ0n) is 11.4. The Morgan fingerprint density at radius 2 is 2.10 bits per heavy atom. The number of halogens is 3. The van der Waals surface area contributed by atoms with Gasteiger partial charge in [-0.15, -0.1) is 0 Å². The molecule has 116 valence electrons. The lowest BCUT2D eigenvalue weighted by Crippen LogP contribution is -2.36. The van der Waals surface area contributed by atoms with Crippen molar-refractivity contribution in [1.29, 1.82) is 0 Å². The number of alkyl halides is 3. The van der Waals surface area contributed by atoms with E-state index in [0.29, 0.717) is 0 Å². The van der Waals surface area contributed by atoms with E-state index in [1.807, 2.05) is 0 Å². The number of aliphatic hydroxyl groups is 1.